The lowest BCUT2D eigenvalue weighted by molar-refractivity contribution is -0.125. The summed E-state index contributed by atoms with van der Waals surface area (Å²) in [5, 5.41) is 0.321. The molecule has 0 aliphatic carbocycles. The number of halogens is 1. The van der Waals surface area contributed by atoms with Crippen LogP contribution in [0.3, 0.4) is 0 Å². The minimum atomic E-state index is -3.89. The fraction of sp³-hybridized carbons (Fsp3) is 0.286. The fourth-order valence-electron chi connectivity index (χ4n) is 1.90. The van der Waals surface area contributed by atoms with E-state index in [1.807, 2.05) is 6.92 Å². The van der Waals surface area contributed by atoms with Crippen molar-refractivity contribution >= 4 is 44.5 Å². The average Bonchev–Trinajstić information content (AvgIpc) is 2.76. The number of hydrogen-bond acceptors (Lipinski definition) is 4. The molecular weight excluding hydrogens is 344 g/mol. The lowest BCUT2D eigenvalue weighted by Crippen LogP contribution is -2.32. The highest BCUT2D eigenvalue weighted by molar-refractivity contribution is 8.16. The van der Waals surface area contributed by atoms with Gasteiger partial charge in [-0.05, 0) is 30.7 Å². The van der Waals surface area contributed by atoms with Crippen molar-refractivity contribution in [3.05, 3.63) is 41.9 Å². The molecule has 0 spiro atoms. The van der Waals surface area contributed by atoms with Crippen LogP contribution < -0.4 is 0 Å². The number of carbonyl (C=O) groups is 1. The molecule has 0 aromatic heterocycles. The summed E-state index contributed by atoms with van der Waals surface area (Å²) in [6.07, 6.45) is 2.15. The Morgan fingerprint density at radius 2 is 2.05 bits per heavy atom. The molecule has 1 aromatic rings. The van der Waals surface area contributed by atoms with E-state index in [1.165, 1.54) is 29.2 Å². The smallest absolute Gasteiger partial charge is 0.284 e. The molecule has 0 bridgehead atoms. The average molecular weight is 359 g/mol. The first-order chi connectivity index (χ1) is 10.4. The monoisotopic (exact) mass is 358 g/mol. The number of nitrogens with zero attached hydrogens (tertiary/aromatic N) is 2. The second kappa shape index (κ2) is 6.85. The number of rotatable bonds is 5. The van der Waals surface area contributed by atoms with Crippen LogP contribution in [0.1, 0.15) is 13.3 Å². The molecule has 0 saturated carbocycles. The molecule has 1 unspecified atom stereocenters. The van der Waals surface area contributed by atoms with E-state index >= 15 is 0 Å². The van der Waals surface area contributed by atoms with Gasteiger partial charge in [-0.1, -0.05) is 36.4 Å². The summed E-state index contributed by atoms with van der Waals surface area (Å²) < 4.78 is 28.5. The summed E-state index contributed by atoms with van der Waals surface area (Å²) in [5.74, 6) is -0.141. The minimum Gasteiger partial charge on any atom is -0.286 e. The molecule has 5 nitrogen and oxygen atoms in total. The van der Waals surface area contributed by atoms with E-state index in [1.54, 1.807) is 6.08 Å². The van der Waals surface area contributed by atoms with E-state index in [9.17, 15) is 13.2 Å². The zero-order valence-corrected chi connectivity index (χ0v) is 14.3. The first-order valence-corrected chi connectivity index (χ1v) is 9.28. The topological polar surface area (TPSA) is 66.8 Å². The molecular formula is C14H15ClN2O3S2. The Kier molecular flexibility index (Phi) is 5.31. The highest BCUT2D eigenvalue weighted by Crippen LogP contribution is 2.30. The Hall–Kier alpha value is -1.31. The summed E-state index contributed by atoms with van der Waals surface area (Å²) in [4.78, 5) is 13.6. The zero-order chi connectivity index (χ0) is 16.3. The van der Waals surface area contributed by atoms with Gasteiger partial charge in [0.1, 0.15) is 0 Å². The second-order valence-corrected chi connectivity index (χ2v) is 7.77. The van der Waals surface area contributed by atoms with Crippen molar-refractivity contribution in [2.75, 3.05) is 6.54 Å². The van der Waals surface area contributed by atoms with Gasteiger partial charge in [-0.3, -0.25) is 9.69 Å². The molecule has 1 saturated heterocycles. The molecule has 1 heterocycles. The largest absolute Gasteiger partial charge is 0.286 e. The van der Waals surface area contributed by atoms with Gasteiger partial charge in [0.05, 0.1) is 10.1 Å². The van der Waals surface area contributed by atoms with E-state index in [4.69, 9.17) is 11.6 Å². The van der Waals surface area contributed by atoms with Gasteiger partial charge >= 0.3 is 0 Å². The van der Waals surface area contributed by atoms with Gasteiger partial charge in [-0.2, -0.15) is 8.42 Å². The maximum absolute atomic E-state index is 12.3. The van der Waals surface area contributed by atoms with Crippen molar-refractivity contribution in [2.45, 2.75) is 23.5 Å². The van der Waals surface area contributed by atoms with Gasteiger partial charge in [0.15, 0.2) is 5.17 Å². The number of sulfonamides is 1. The van der Waals surface area contributed by atoms with Crippen LogP contribution in [0.15, 0.2) is 46.2 Å². The number of amidine groups is 1. The van der Waals surface area contributed by atoms with Crippen molar-refractivity contribution in [3.63, 3.8) is 0 Å². The molecule has 118 valence electrons. The van der Waals surface area contributed by atoms with Crippen LogP contribution in [-0.2, 0) is 14.8 Å². The lowest BCUT2D eigenvalue weighted by Gasteiger charge is -2.13. The third-order valence-electron chi connectivity index (χ3n) is 3.01. The maximum atomic E-state index is 12.3. The summed E-state index contributed by atoms with van der Waals surface area (Å²) in [6, 6.07) is 5.74. The van der Waals surface area contributed by atoms with Gasteiger partial charge in [0.2, 0.25) is 5.91 Å². The fourth-order valence-corrected chi connectivity index (χ4v) is 4.32. The Bertz CT molecular complexity index is 714. The molecule has 1 aliphatic rings. The number of thioether (sulfide) groups is 1. The van der Waals surface area contributed by atoms with Crippen LogP contribution in [0.25, 0.3) is 0 Å². The van der Waals surface area contributed by atoms with E-state index in [-0.39, 0.29) is 27.8 Å². The molecule has 1 fully saturated rings. The van der Waals surface area contributed by atoms with Crippen molar-refractivity contribution in [1.29, 1.82) is 0 Å². The van der Waals surface area contributed by atoms with Crippen LogP contribution in [0.5, 0.6) is 0 Å². The van der Waals surface area contributed by atoms with Gasteiger partial charge in [-0.25, -0.2) is 0 Å². The van der Waals surface area contributed by atoms with Crippen LogP contribution in [-0.4, -0.2) is 36.2 Å². The van der Waals surface area contributed by atoms with Gasteiger partial charge in [0.25, 0.3) is 10.0 Å². The number of carbonyl (C=O) groups excluding carboxylic acids is 1. The third-order valence-corrected chi connectivity index (χ3v) is 6.00. The van der Waals surface area contributed by atoms with E-state index < -0.39 is 10.0 Å². The summed E-state index contributed by atoms with van der Waals surface area (Å²) in [6.45, 7) is 5.69. The number of benzene rings is 1. The molecule has 1 atom stereocenters. The molecule has 0 N–H and O–H groups in total. The maximum Gasteiger partial charge on any atom is 0.284 e. The van der Waals surface area contributed by atoms with Crippen molar-refractivity contribution in [2.24, 2.45) is 4.40 Å². The first kappa shape index (κ1) is 17.1. The molecule has 2 rings (SSSR count). The predicted molar refractivity (Wildman–Crippen MR) is 89.7 cm³/mol. The summed E-state index contributed by atoms with van der Waals surface area (Å²) in [7, 11) is -3.89. The van der Waals surface area contributed by atoms with Crippen LogP contribution in [0, 0.1) is 0 Å². The quantitative estimate of drug-likeness (QED) is 0.759. The molecule has 1 aliphatic heterocycles. The zero-order valence-electron chi connectivity index (χ0n) is 11.9. The standard InChI is InChI=1S/C14H15ClN2O3S2/c1-3-9-17-13(18)12(4-2)21-14(17)16-22(19,20)11-7-5-10(15)6-8-11/h3,5-8,12H,1,4,9H2,2H3/b16-14+. The molecule has 8 heteroatoms. The van der Waals surface area contributed by atoms with Crippen LogP contribution >= 0.6 is 23.4 Å². The second-order valence-electron chi connectivity index (χ2n) is 4.56. The Labute approximate surface area is 139 Å². The SMILES string of the molecule is C=CCN1C(=O)C(CC)S/C1=N/S(=O)(=O)c1ccc(Cl)cc1. The summed E-state index contributed by atoms with van der Waals surface area (Å²) >= 11 is 6.92. The molecule has 22 heavy (non-hydrogen) atoms. The molecule has 1 amide bonds. The first-order valence-electron chi connectivity index (χ1n) is 6.58. The Balaban J connectivity index is 2.39. The van der Waals surface area contributed by atoms with E-state index in [2.05, 4.69) is 11.0 Å². The Morgan fingerprint density at radius 3 is 2.59 bits per heavy atom. The Morgan fingerprint density at radius 1 is 1.41 bits per heavy atom. The molecule has 1 aromatic carbocycles. The van der Waals surface area contributed by atoms with E-state index in [0.717, 1.165) is 11.8 Å². The number of hydrogen-bond donors (Lipinski definition) is 0. The minimum absolute atomic E-state index is 0.0379. The summed E-state index contributed by atoms with van der Waals surface area (Å²) in [5.41, 5.74) is 0. The third kappa shape index (κ3) is 3.53. The highest BCUT2D eigenvalue weighted by atomic mass is 35.5. The highest BCUT2D eigenvalue weighted by Gasteiger charge is 2.37. The van der Waals surface area contributed by atoms with Gasteiger partial charge in [0, 0.05) is 11.6 Å². The van der Waals surface area contributed by atoms with Gasteiger partial charge in [-0.15, -0.1) is 11.0 Å². The van der Waals surface area contributed by atoms with Crippen molar-refractivity contribution < 1.29 is 13.2 Å². The predicted octanol–water partition coefficient (Wildman–Crippen LogP) is 2.92. The van der Waals surface area contributed by atoms with Crippen LogP contribution in [0.2, 0.25) is 5.02 Å². The normalized spacial score (nSPS) is 20.6. The number of amides is 1. The lowest BCUT2D eigenvalue weighted by atomic mass is 10.3. The van der Waals surface area contributed by atoms with Crippen molar-refractivity contribution in [3.8, 4) is 0 Å². The van der Waals surface area contributed by atoms with Gasteiger partial charge < -0.3 is 0 Å². The van der Waals surface area contributed by atoms with Crippen LogP contribution in [0.4, 0.5) is 0 Å². The molecule has 0 radical (unpaired) electrons. The van der Waals surface area contributed by atoms with E-state index in [0.29, 0.717) is 11.4 Å². The van der Waals surface area contributed by atoms with Crippen molar-refractivity contribution in [1.82, 2.24) is 4.90 Å².